The Kier molecular flexibility index (Phi) is 6.40. The number of hydrogen-bond acceptors (Lipinski definition) is 4. The zero-order chi connectivity index (χ0) is 16.7. The molecule has 2 amide bonds. The maximum atomic E-state index is 12.5. The third-order valence-corrected chi connectivity index (χ3v) is 3.64. The number of nitrogens with one attached hydrogen (secondary N) is 1. The highest BCUT2D eigenvalue weighted by atomic mass is 16.5. The second-order valence-electron chi connectivity index (χ2n) is 5.60. The van der Waals surface area contributed by atoms with Crippen molar-refractivity contribution in [1.82, 2.24) is 5.32 Å². The van der Waals surface area contributed by atoms with Gasteiger partial charge in [-0.05, 0) is 25.5 Å². The molecule has 0 radical (unpaired) electrons. The fourth-order valence-electron chi connectivity index (χ4n) is 2.51. The molecule has 0 bridgehead atoms. The van der Waals surface area contributed by atoms with Crippen molar-refractivity contribution >= 4 is 17.5 Å². The van der Waals surface area contributed by atoms with Gasteiger partial charge in [-0.15, -0.1) is 0 Å². The molecular formula is C17H24N2O4. The Balaban J connectivity index is 1.85. The quantitative estimate of drug-likeness (QED) is 0.777. The van der Waals surface area contributed by atoms with Gasteiger partial charge in [0.25, 0.3) is 0 Å². The van der Waals surface area contributed by atoms with Gasteiger partial charge in [0, 0.05) is 33.1 Å². The second-order valence-corrected chi connectivity index (χ2v) is 5.60. The molecule has 0 spiro atoms. The van der Waals surface area contributed by atoms with E-state index in [0.717, 1.165) is 12.1 Å². The molecule has 126 valence electrons. The summed E-state index contributed by atoms with van der Waals surface area (Å²) in [5.41, 5.74) is 0.774. The van der Waals surface area contributed by atoms with E-state index >= 15 is 0 Å². The molecule has 1 aromatic carbocycles. The average molecular weight is 320 g/mol. The average Bonchev–Trinajstić information content (AvgIpc) is 2.55. The summed E-state index contributed by atoms with van der Waals surface area (Å²) in [5, 5.41) is 2.79. The van der Waals surface area contributed by atoms with E-state index in [1.54, 1.807) is 12.0 Å². The lowest BCUT2D eigenvalue weighted by molar-refractivity contribution is -0.125. The fraction of sp³-hybridized carbons (Fsp3) is 0.529. The number of methoxy groups -OCH3 is 1. The number of benzene rings is 1. The monoisotopic (exact) mass is 320 g/mol. The highest BCUT2D eigenvalue weighted by Crippen LogP contribution is 2.33. The molecule has 1 aromatic rings. The van der Waals surface area contributed by atoms with Gasteiger partial charge in [0.05, 0.1) is 12.2 Å². The normalized spacial score (nSPS) is 16.4. The van der Waals surface area contributed by atoms with Gasteiger partial charge in [-0.25, -0.2) is 0 Å². The minimum absolute atomic E-state index is 0.0559. The largest absolute Gasteiger partial charge is 0.487 e. The summed E-state index contributed by atoms with van der Waals surface area (Å²) in [6, 6.07) is 7.48. The zero-order valence-corrected chi connectivity index (χ0v) is 13.7. The summed E-state index contributed by atoms with van der Waals surface area (Å²) in [7, 11) is 1.63. The van der Waals surface area contributed by atoms with Crippen LogP contribution in [0.25, 0.3) is 0 Å². The Morgan fingerprint density at radius 3 is 2.91 bits per heavy atom. The highest BCUT2D eigenvalue weighted by molar-refractivity contribution is 5.97. The van der Waals surface area contributed by atoms with Gasteiger partial charge in [-0.3, -0.25) is 9.59 Å². The van der Waals surface area contributed by atoms with Crippen LogP contribution in [-0.2, 0) is 14.3 Å². The summed E-state index contributed by atoms with van der Waals surface area (Å²) in [4.78, 5) is 25.9. The molecule has 2 rings (SSSR count). The minimum atomic E-state index is -0.107. The molecule has 1 heterocycles. The summed E-state index contributed by atoms with van der Waals surface area (Å²) >= 11 is 0. The van der Waals surface area contributed by atoms with Gasteiger partial charge in [0.1, 0.15) is 11.9 Å². The first-order valence-electron chi connectivity index (χ1n) is 7.93. The van der Waals surface area contributed by atoms with Crippen LogP contribution in [-0.4, -0.2) is 44.7 Å². The number of fused-ring (bicyclic) bond motifs is 1. The van der Waals surface area contributed by atoms with E-state index in [4.69, 9.17) is 9.47 Å². The zero-order valence-electron chi connectivity index (χ0n) is 13.7. The van der Waals surface area contributed by atoms with Crippen molar-refractivity contribution in [1.29, 1.82) is 0 Å². The van der Waals surface area contributed by atoms with Gasteiger partial charge in [0.2, 0.25) is 11.8 Å². The smallest absolute Gasteiger partial charge is 0.227 e. The summed E-state index contributed by atoms with van der Waals surface area (Å²) in [5.74, 6) is 0.548. The molecule has 0 saturated heterocycles. The van der Waals surface area contributed by atoms with Gasteiger partial charge in [-0.1, -0.05) is 12.1 Å². The van der Waals surface area contributed by atoms with Crippen LogP contribution in [0.4, 0.5) is 5.69 Å². The molecule has 0 saturated carbocycles. The van der Waals surface area contributed by atoms with Crippen molar-refractivity contribution in [2.75, 3.05) is 31.7 Å². The molecule has 0 aromatic heterocycles. The van der Waals surface area contributed by atoms with E-state index in [9.17, 15) is 9.59 Å². The van der Waals surface area contributed by atoms with Crippen LogP contribution in [0.2, 0.25) is 0 Å². The first-order valence-corrected chi connectivity index (χ1v) is 7.93. The van der Waals surface area contributed by atoms with Crippen molar-refractivity contribution < 1.29 is 19.1 Å². The van der Waals surface area contributed by atoms with E-state index in [-0.39, 0.29) is 30.8 Å². The summed E-state index contributed by atoms with van der Waals surface area (Å²) in [6.45, 7) is 3.62. The highest BCUT2D eigenvalue weighted by Gasteiger charge is 2.27. The molecule has 6 heteroatoms. The summed E-state index contributed by atoms with van der Waals surface area (Å²) < 4.78 is 10.6. The van der Waals surface area contributed by atoms with Gasteiger partial charge >= 0.3 is 0 Å². The topological polar surface area (TPSA) is 67.9 Å². The minimum Gasteiger partial charge on any atom is -0.487 e. The molecule has 0 unspecified atom stereocenters. The maximum absolute atomic E-state index is 12.5. The molecule has 23 heavy (non-hydrogen) atoms. The Morgan fingerprint density at radius 2 is 2.13 bits per heavy atom. The number of para-hydroxylation sites is 2. The van der Waals surface area contributed by atoms with E-state index in [0.29, 0.717) is 25.4 Å². The third-order valence-electron chi connectivity index (χ3n) is 3.64. The number of ether oxygens (including phenoxy) is 2. The number of hydrogen-bond donors (Lipinski definition) is 1. The lowest BCUT2D eigenvalue weighted by atomic mass is 10.1. The number of amides is 2. The first-order chi connectivity index (χ1) is 11.1. The van der Waals surface area contributed by atoms with Crippen LogP contribution in [0.3, 0.4) is 0 Å². The first kappa shape index (κ1) is 17.3. The molecule has 1 aliphatic heterocycles. The van der Waals surface area contributed by atoms with Crippen molar-refractivity contribution in [2.24, 2.45) is 0 Å². The lowest BCUT2D eigenvalue weighted by Gasteiger charge is -2.33. The van der Waals surface area contributed by atoms with E-state index in [1.807, 2.05) is 31.2 Å². The standard InChI is InChI=1S/C17H24N2O4/c1-13-12-19(14-6-3-4-7-15(14)23-13)17(21)9-8-16(20)18-10-5-11-22-2/h3-4,6-7,13H,5,8-12H2,1-2H3,(H,18,20)/t13-/m1/s1. The number of carbonyl (C=O) groups is 2. The third kappa shape index (κ3) is 4.96. The van der Waals surface area contributed by atoms with Crippen molar-refractivity contribution in [3.63, 3.8) is 0 Å². The number of anilines is 1. The Bertz CT molecular complexity index is 547. The van der Waals surface area contributed by atoms with Gasteiger partial charge < -0.3 is 19.7 Å². The Labute approximate surface area is 136 Å². The van der Waals surface area contributed by atoms with Crippen LogP contribution in [0.5, 0.6) is 5.75 Å². The molecular weight excluding hydrogens is 296 g/mol. The Hall–Kier alpha value is -2.08. The molecule has 1 atom stereocenters. The van der Waals surface area contributed by atoms with Crippen LogP contribution < -0.4 is 15.0 Å². The predicted molar refractivity (Wildman–Crippen MR) is 87.6 cm³/mol. The lowest BCUT2D eigenvalue weighted by Crippen LogP contribution is -2.42. The fourth-order valence-corrected chi connectivity index (χ4v) is 2.51. The number of rotatable bonds is 7. The van der Waals surface area contributed by atoms with Crippen molar-refractivity contribution in [3.8, 4) is 5.75 Å². The Morgan fingerprint density at radius 1 is 1.35 bits per heavy atom. The van der Waals surface area contributed by atoms with E-state index < -0.39 is 0 Å². The van der Waals surface area contributed by atoms with Crippen molar-refractivity contribution in [2.45, 2.75) is 32.3 Å². The molecule has 0 aliphatic carbocycles. The van der Waals surface area contributed by atoms with Crippen LogP contribution in [0, 0.1) is 0 Å². The molecule has 0 fully saturated rings. The van der Waals surface area contributed by atoms with Gasteiger partial charge in [-0.2, -0.15) is 0 Å². The number of nitrogens with zero attached hydrogens (tertiary/aromatic N) is 1. The summed E-state index contributed by atoms with van der Waals surface area (Å²) in [6.07, 6.45) is 1.10. The van der Waals surface area contributed by atoms with Gasteiger partial charge in [0.15, 0.2) is 0 Å². The van der Waals surface area contributed by atoms with Crippen molar-refractivity contribution in [3.05, 3.63) is 24.3 Å². The maximum Gasteiger partial charge on any atom is 0.227 e. The molecule has 6 nitrogen and oxygen atoms in total. The molecule has 1 aliphatic rings. The van der Waals surface area contributed by atoms with E-state index in [1.165, 1.54) is 0 Å². The second kappa shape index (κ2) is 8.53. The van der Waals surface area contributed by atoms with Crippen LogP contribution >= 0.6 is 0 Å². The predicted octanol–water partition coefficient (Wildman–Crippen LogP) is 1.73. The molecule has 1 N–H and O–H groups in total. The number of carbonyl (C=O) groups excluding carboxylic acids is 2. The SMILES string of the molecule is COCCCNC(=O)CCC(=O)N1C[C@@H](C)Oc2ccccc21. The van der Waals surface area contributed by atoms with Crippen LogP contribution in [0.15, 0.2) is 24.3 Å². The van der Waals surface area contributed by atoms with Crippen LogP contribution in [0.1, 0.15) is 26.2 Å². The van der Waals surface area contributed by atoms with E-state index in [2.05, 4.69) is 5.32 Å².